The number of carbonyl (C=O) groups excluding carboxylic acids is 1. The van der Waals surface area contributed by atoms with Gasteiger partial charge in [-0.15, -0.1) is 0 Å². The number of nitrogens with two attached hydrogens (primary N) is 1. The van der Waals surface area contributed by atoms with Gasteiger partial charge in [0.05, 0.1) is 4.90 Å². The second kappa shape index (κ2) is 8.21. The molecule has 0 aliphatic carbocycles. The van der Waals surface area contributed by atoms with Gasteiger partial charge < -0.3 is 11.1 Å². The summed E-state index contributed by atoms with van der Waals surface area (Å²) in [5.74, 6) is -0.276. The monoisotopic (exact) mass is 389 g/mol. The number of benzene rings is 2. The number of aryl methyl sites for hydroxylation is 1. The van der Waals surface area contributed by atoms with Crippen molar-refractivity contribution in [3.63, 3.8) is 0 Å². The van der Waals surface area contributed by atoms with Crippen molar-refractivity contribution in [2.24, 2.45) is 5.73 Å². The van der Waals surface area contributed by atoms with Crippen molar-refractivity contribution in [3.8, 4) is 0 Å². The van der Waals surface area contributed by atoms with Gasteiger partial charge >= 0.3 is 0 Å². The zero-order valence-corrected chi connectivity index (χ0v) is 16.9. The van der Waals surface area contributed by atoms with Crippen LogP contribution in [0.25, 0.3) is 0 Å². The Morgan fingerprint density at radius 1 is 1.11 bits per heavy atom. The van der Waals surface area contributed by atoms with Crippen molar-refractivity contribution in [3.05, 3.63) is 59.7 Å². The van der Waals surface area contributed by atoms with E-state index in [4.69, 9.17) is 5.73 Å². The normalized spacial score (nSPS) is 13.2. The lowest BCUT2D eigenvalue weighted by Gasteiger charge is -2.21. The zero-order chi connectivity index (χ0) is 20.2. The first-order chi connectivity index (χ1) is 12.5. The van der Waals surface area contributed by atoms with Gasteiger partial charge in [0, 0.05) is 23.7 Å². The zero-order valence-electron chi connectivity index (χ0n) is 16.1. The predicted octanol–water partition coefficient (Wildman–Crippen LogP) is 3.10. The lowest BCUT2D eigenvalue weighted by molar-refractivity contribution is -0.116. The number of nitrogens with one attached hydrogen (secondary N) is 2. The van der Waals surface area contributed by atoms with E-state index in [9.17, 15) is 13.2 Å². The highest BCUT2D eigenvalue weighted by molar-refractivity contribution is 7.89. The minimum absolute atomic E-state index is 0.0974. The minimum Gasteiger partial charge on any atom is -0.326 e. The maximum absolute atomic E-state index is 12.6. The van der Waals surface area contributed by atoms with E-state index in [0.717, 1.165) is 5.56 Å². The molecule has 0 saturated heterocycles. The first-order valence-electron chi connectivity index (χ1n) is 8.73. The number of hydrogen-bond acceptors (Lipinski definition) is 4. The van der Waals surface area contributed by atoms with Crippen LogP contribution in [-0.2, 0) is 14.8 Å². The topological polar surface area (TPSA) is 101 Å². The lowest BCUT2D eigenvalue weighted by Crippen LogP contribution is -2.40. The third-order valence-electron chi connectivity index (χ3n) is 3.84. The maximum Gasteiger partial charge on any atom is 0.241 e. The molecule has 1 atom stereocenters. The average molecular weight is 390 g/mol. The number of amides is 1. The number of anilines is 1. The van der Waals surface area contributed by atoms with Crippen molar-refractivity contribution in [1.29, 1.82) is 0 Å². The van der Waals surface area contributed by atoms with Crippen molar-refractivity contribution in [2.75, 3.05) is 5.32 Å². The molecule has 0 fully saturated rings. The Hall–Kier alpha value is -2.22. The third kappa shape index (κ3) is 6.16. The molecule has 0 spiro atoms. The first kappa shape index (κ1) is 21.1. The summed E-state index contributed by atoms with van der Waals surface area (Å²) in [6.45, 7) is 7.04. The van der Waals surface area contributed by atoms with Crippen LogP contribution in [0.15, 0.2) is 53.4 Å². The largest absolute Gasteiger partial charge is 0.326 e. The van der Waals surface area contributed by atoms with Crippen LogP contribution in [0.5, 0.6) is 0 Å². The third-order valence-corrected chi connectivity index (χ3v) is 5.73. The van der Waals surface area contributed by atoms with Crippen molar-refractivity contribution >= 4 is 21.6 Å². The Balaban J connectivity index is 2.15. The van der Waals surface area contributed by atoms with E-state index in [0.29, 0.717) is 11.3 Å². The molecule has 0 aliphatic rings. The molecule has 0 bridgehead atoms. The Morgan fingerprint density at radius 2 is 1.74 bits per heavy atom. The summed E-state index contributed by atoms with van der Waals surface area (Å²) in [4.78, 5) is 12.5. The second-order valence-corrected chi connectivity index (χ2v) is 9.26. The Morgan fingerprint density at radius 3 is 2.33 bits per heavy atom. The molecule has 0 saturated carbocycles. The first-order valence-corrected chi connectivity index (χ1v) is 10.2. The fourth-order valence-corrected chi connectivity index (χ4v) is 4.35. The molecule has 7 heteroatoms. The van der Waals surface area contributed by atoms with Gasteiger partial charge in [-0.25, -0.2) is 13.1 Å². The highest BCUT2D eigenvalue weighted by Gasteiger charge is 2.24. The summed E-state index contributed by atoms with van der Waals surface area (Å²) < 4.78 is 27.9. The summed E-state index contributed by atoms with van der Waals surface area (Å²) in [6.07, 6.45) is 0.0974. The van der Waals surface area contributed by atoms with Crippen LogP contribution in [0, 0.1) is 6.92 Å². The van der Waals surface area contributed by atoms with Crippen molar-refractivity contribution in [1.82, 2.24) is 4.72 Å². The molecule has 0 heterocycles. The van der Waals surface area contributed by atoms with Crippen LogP contribution in [0.3, 0.4) is 0 Å². The molecule has 6 nitrogen and oxygen atoms in total. The molecule has 1 amide bonds. The predicted molar refractivity (Wildman–Crippen MR) is 108 cm³/mol. The van der Waals surface area contributed by atoms with E-state index in [1.807, 2.05) is 30.3 Å². The number of hydrogen-bond donors (Lipinski definition) is 3. The van der Waals surface area contributed by atoms with Crippen molar-refractivity contribution < 1.29 is 13.2 Å². The molecule has 2 aromatic rings. The van der Waals surface area contributed by atoms with Crippen LogP contribution in [-0.4, -0.2) is 19.9 Å². The van der Waals surface area contributed by atoms with Crippen LogP contribution in [0.1, 0.15) is 44.4 Å². The lowest BCUT2D eigenvalue weighted by atomic mass is 10.0. The van der Waals surface area contributed by atoms with Crippen LogP contribution in [0.2, 0.25) is 0 Å². The molecular formula is C20H27N3O3S. The fourth-order valence-electron chi connectivity index (χ4n) is 2.66. The van der Waals surface area contributed by atoms with Gasteiger partial charge in [0.25, 0.3) is 0 Å². The van der Waals surface area contributed by atoms with E-state index in [-0.39, 0.29) is 17.2 Å². The minimum atomic E-state index is -3.70. The fraction of sp³-hybridized carbons (Fsp3) is 0.350. The van der Waals surface area contributed by atoms with Crippen LogP contribution >= 0.6 is 0 Å². The standard InChI is InChI=1S/C20H27N3O3S/c1-14-10-11-16(12-18(14)27(25,26)23-20(2,3)4)22-19(24)13-17(21)15-8-6-5-7-9-15/h5-12,17,23H,13,21H2,1-4H3,(H,22,24). The second-order valence-electron chi connectivity index (χ2n) is 7.61. The molecule has 4 N–H and O–H groups in total. The molecule has 146 valence electrons. The Bertz CT molecular complexity index is 904. The van der Waals surface area contributed by atoms with Crippen LogP contribution in [0.4, 0.5) is 5.69 Å². The highest BCUT2D eigenvalue weighted by Crippen LogP contribution is 2.22. The van der Waals surface area contributed by atoms with E-state index >= 15 is 0 Å². The number of rotatable bonds is 6. The maximum atomic E-state index is 12.6. The Kier molecular flexibility index (Phi) is 6.41. The van der Waals surface area contributed by atoms with E-state index in [2.05, 4.69) is 10.0 Å². The SMILES string of the molecule is Cc1ccc(NC(=O)CC(N)c2ccccc2)cc1S(=O)(=O)NC(C)(C)C. The van der Waals surface area contributed by atoms with Gasteiger partial charge in [-0.05, 0) is 51.0 Å². The molecule has 2 aromatic carbocycles. The summed E-state index contributed by atoms with van der Waals surface area (Å²) >= 11 is 0. The summed E-state index contributed by atoms with van der Waals surface area (Å²) in [6, 6.07) is 13.7. The number of carbonyl (C=O) groups is 1. The molecule has 0 radical (unpaired) electrons. The molecule has 2 rings (SSSR count). The van der Waals surface area contributed by atoms with E-state index < -0.39 is 21.6 Å². The smallest absolute Gasteiger partial charge is 0.241 e. The number of sulfonamides is 1. The van der Waals surface area contributed by atoms with E-state index in [1.165, 1.54) is 6.07 Å². The molecule has 27 heavy (non-hydrogen) atoms. The van der Waals surface area contributed by atoms with Gasteiger partial charge in [-0.2, -0.15) is 0 Å². The molecular weight excluding hydrogens is 362 g/mol. The van der Waals surface area contributed by atoms with Gasteiger partial charge in [-0.3, -0.25) is 4.79 Å². The van der Waals surface area contributed by atoms with Gasteiger partial charge in [-0.1, -0.05) is 36.4 Å². The van der Waals surface area contributed by atoms with Crippen molar-refractivity contribution in [2.45, 2.75) is 50.6 Å². The van der Waals surface area contributed by atoms with Gasteiger partial charge in [0.15, 0.2) is 0 Å². The van der Waals surface area contributed by atoms with Gasteiger partial charge in [0.1, 0.15) is 0 Å². The summed E-state index contributed by atoms with van der Waals surface area (Å²) in [7, 11) is -3.70. The molecule has 0 aliphatic heterocycles. The molecule has 1 unspecified atom stereocenters. The average Bonchev–Trinajstić information content (AvgIpc) is 2.55. The van der Waals surface area contributed by atoms with Crippen LogP contribution < -0.4 is 15.8 Å². The highest BCUT2D eigenvalue weighted by atomic mass is 32.2. The van der Waals surface area contributed by atoms with Gasteiger partial charge in [0.2, 0.25) is 15.9 Å². The quantitative estimate of drug-likeness (QED) is 0.706. The molecule has 0 aromatic heterocycles. The summed E-state index contributed by atoms with van der Waals surface area (Å²) in [5, 5.41) is 2.73. The van der Waals surface area contributed by atoms with E-state index in [1.54, 1.807) is 39.8 Å². The Labute approximate surface area is 161 Å². The summed E-state index contributed by atoms with van der Waals surface area (Å²) in [5.41, 5.74) is 7.36.